The van der Waals surface area contributed by atoms with E-state index in [1.54, 1.807) is 25.4 Å². The van der Waals surface area contributed by atoms with Crippen molar-refractivity contribution in [3.8, 4) is 6.07 Å². The summed E-state index contributed by atoms with van der Waals surface area (Å²) >= 11 is 5.68. The van der Waals surface area contributed by atoms with Gasteiger partial charge >= 0.3 is 0 Å². The Labute approximate surface area is 125 Å². The standard InChI is InChI=1S/C13H18ClN3O2S/c1-12(8-14)11-20(18,19)17(7-3-5-15)10-13-4-2-6-16-9-13/h2,4,6,9,12H,3,7-8,10-11H2,1H3. The second-order valence-electron chi connectivity index (χ2n) is 4.64. The molecule has 1 aromatic heterocycles. The molecule has 0 aliphatic rings. The van der Waals surface area contributed by atoms with Crippen molar-refractivity contribution < 1.29 is 8.42 Å². The Kier molecular flexibility index (Phi) is 6.93. The summed E-state index contributed by atoms with van der Waals surface area (Å²) in [5, 5.41) is 8.67. The van der Waals surface area contributed by atoms with Crippen molar-refractivity contribution in [1.29, 1.82) is 5.26 Å². The average Bonchev–Trinajstić information content (AvgIpc) is 2.43. The number of nitrogens with zero attached hydrogens (tertiary/aromatic N) is 3. The van der Waals surface area contributed by atoms with Crippen LogP contribution in [-0.2, 0) is 16.6 Å². The molecule has 1 unspecified atom stereocenters. The number of pyridine rings is 1. The van der Waals surface area contributed by atoms with E-state index in [0.717, 1.165) is 5.56 Å². The van der Waals surface area contributed by atoms with Crippen LogP contribution in [0.3, 0.4) is 0 Å². The number of alkyl halides is 1. The largest absolute Gasteiger partial charge is 0.264 e. The Morgan fingerprint density at radius 1 is 1.55 bits per heavy atom. The van der Waals surface area contributed by atoms with Gasteiger partial charge in [0, 0.05) is 37.8 Å². The Balaban J connectivity index is 2.86. The first-order valence-electron chi connectivity index (χ1n) is 6.29. The summed E-state index contributed by atoms with van der Waals surface area (Å²) in [5.41, 5.74) is 0.799. The van der Waals surface area contributed by atoms with E-state index in [0.29, 0.717) is 0 Å². The molecule has 110 valence electrons. The van der Waals surface area contributed by atoms with Crippen LogP contribution in [0.1, 0.15) is 18.9 Å². The van der Waals surface area contributed by atoms with Crippen LogP contribution >= 0.6 is 11.6 Å². The number of hydrogen-bond donors (Lipinski definition) is 0. The molecular weight excluding hydrogens is 298 g/mol. The highest BCUT2D eigenvalue weighted by molar-refractivity contribution is 7.89. The summed E-state index contributed by atoms with van der Waals surface area (Å²) in [5.74, 6) is 0.153. The Morgan fingerprint density at radius 2 is 2.30 bits per heavy atom. The third-order valence-corrected chi connectivity index (χ3v) is 5.32. The first-order chi connectivity index (χ1) is 9.49. The topological polar surface area (TPSA) is 74.1 Å². The molecule has 0 aliphatic carbocycles. The van der Waals surface area contributed by atoms with Gasteiger partial charge in [0.05, 0.1) is 11.8 Å². The van der Waals surface area contributed by atoms with Crippen LogP contribution in [0.4, 0.5) is 0 Å². The van der Waals surface area contributed by atoms with Crippen molar-refractivity contribution in [3.63, 3.8) is 0 Å². The van der Waals surface area contributed by atoms with Gasteiger partial charge in [-0.2, -0.15) is 9.57 Å². The van der Waals surface area contributed by atoms with Gasteiger partial charge in [-0.15, -0.1) is 11.6 Å². The Bertz CT molecular complexity index is 542. The van der Waals surface area contributed by atoms with Gasteiger partial charge in [-0.1, -0.05) is 13.0 Å². The van der Waals surface area contributed by atoms with E-state index < -0.39 is 10.0 Å². The van der Waals surface area contributed by atoms with E-state index in [-0.39, 0.29) is 37.1 Å². The summed E-state index contributed by atoms with van der Waals surface area (Å²) in [6.45, 7) is 2.20. The van der Waals surface area contributed by atoms with Crippen molar-refractivity contribution in [1.82, 2.24) is 9.29 Å². The lowest BCUT2D eigenvalue weighted by molar-refractivity contribution is 0.409. The molecule has 0 aromatic carbocycles. The van der Waals surface area contributed by atoms with Crippen molar-refractivity contribution in [2.45, 2.75) is 19.9 Å². The highest BCUT2D eigenvalue weighted by Gasteiger charge is 2.24. The molecule has 0 saturated carbocycles. The number of halogens is 1. The second kappa shape index (κ2) is 8.20. The second-order valence-corrected chi connectivity index (χ2v) is 6.96. The van der Waals surface area contributed by atoms with Gasteiger partial charge in [0.1, 0.15) is 0 Å². The summed E-state index contributed by atoms with van der Waals surface area (Å²) in [4.78, 5) is 3.97. The van der Waals surface area contributed by atoms with Crippen molar-refractivity contribution >= 4 is 21.6 Å². The van der Waals surface area contributed by atoms with Gasteiger partial charge in [-0.3, -0.25) is 4.98 Å². The average molecular weight is 316 g/mol. The predicted octanol–water partition coefficient (Wildman–Crippen LogP) is 2.00. The summed E-state index contributed by atoms with van der Waals surface area (Å²) in [7, 11) is -3.43. The minimum atomic E-state index is -3.43. The van der Waals surface area contributed by atoms with Gasteiger partial charge in [0.25, 0.3) is 0 Å². The Hall–Kier alpha value is -1.16. The van der Waals surface area contributed by atoms with E-state index in [2.05, 4.69) is 4.98 Å². The maximum Gasteiger partial charge on any atom is 0.214 e. The minimum absolute atomic E-state index is 0.0117. The monoisotopic (exact) mass is 315 g/mol. The molecule has 0 amide bonds. The number of rotatable bonds is 8. The van der Waals surface area contributed by atoms with E-state index in [9.17, 15) is 8.42 Å². The van der Waals surface area contributed by atoms with Crippen LogP contribution in [0, 0.1) is 17.2 Å². The normalized spacial score (nSPS) is 13.1. The van der Waals surface area contributed by atoms with Gasteiger partial charge in [-0.05, 0) is 17.5 Å². The fourth-order valence-electron chi connectivity index (χ4n) is 1.70. The highest BCUT2D eigenvalue weighted by atomic mass is 35.5. The summed E-state index contributed by atoms with van der Waals surface area (Å²) < 4.78 is 26.0. The summed E-state index contributed by atoms with van der Waals surface area (Å²) in [6.07, 6.45) is 3.42. The smallest absolute Gasteiger partial charge is 0.214 e. The van der Waals surface area contributed by atoms with Crippen molar-refractivity contribution in [3.05, 3.63) is 30.1 Å². The third kappa shape index (κ3) is 5.45. The SMILES string of the molecule is CC(CCl)CS(=O)(=O)N(CCC#N)Cc1cccnc1. The summed E-state index contributed by atoms with van der Waals surface area (Å²) in [6, 6.07) is 5.54. The van der Waals surface area contributed by atoms with E-state index >= 15 is 0 Å². The quantitative estimate of drug-likeness (QED) is 0.688. The van der Waals surface area contributed by atoms with Crippen LogP contribution in [0.25, 0.3) is 0 Å². The van der Waals surface area contributed by atoms with E-state index in [1.165, 1.54) is 4.31 Å². The minimum Gasteiger partial charge on any atom is -0.264 e. The lowest BCUT2D eigenvalue weighted by Gasteiger charge is -2.22. The zero-order valence-electron chi connectivity index (χ0n) is 11.4. The van der Waals surface area contributed by atoms with Gasteiger partial charge < -0.3 is 0 Å². The molecule has 0 bridgehead atoms. The molecule has 0 fully saturated rings. The molecule has 1 aromatic rings. The van der Waals surface area contributed by atoms with E-state index in [4.69, 9.17) is 16.9 Å². The van der Waals surface area contributed by atoms with Crippen LogP contribution in [-0.4, -0.2) is 35.9 Å². The zero-order valence-corrected chi connectivity index (χ0v) is 12.9. The van der Waals surface area contributed by atoms with Crippen LogP contribution in [0.2, 0.25) is 0 Å². The molecular formula is C13H18ClN3O2S. The highest BCUT2D eigenvalue weighted by Crippen LogP contribution is 2.13. The first kappa shape index (κ1) is 16.9. The maximum atomic E-state index is 12.3. The number of hydrogen-bond acceptors (Lipinski definition) is 4. The molecule has 1 rings (SSSR count). The van der Waals surface area contributed by atoms with E-state index in [1.807, 2.05) is 12.1 Å². The zero-order chi connectivity index (χ0) is 15.0. The van der Waals surface area contributed by atoms with Crippen LogP contribution in [0.15, 0.2) is 24.5 Å². The first-order valence-corrected chi connectivity index (χ1v) is 8.43. The fraction of sp³-hybridized carbons (Fsp3) is 0.538. The molecule has 1 heterocycles. The van der Waals surface area contributed by atoms with Crippen LogP contribution < -0.4 is 0 Å². The molecule has 5 nitrogen and oxygen atoms in total. The molecule has 0 spiro atoms. The van der Waals surface area contributed by atoms with Gasteiger partial charge in [-0.25, -0.2) is 8.42 Å². The van der Waals surface area contributed by atoms with Gasteiger partial charge in [0.15, 0.2) is 0 Å². The molecule has 1 atom stereocenters. The number of aromatic nitrogens is 1. The Morgan fingerprint density at radius 3 is 2.85 bits per heavy atom. The third-order valence-electron chi connectivity index (χ3n) is 2.71. The molecule has 20 heavy (non-hydrogen) atoms. The molecule has 0 radical (unpaired) electrons. The molecule has 0 N–H and O–H groups in total. The maximum absolute atomic E-state index is 12.3. The van der Waals surface area contributed by atoms with Crippen molar-refractivity contribution in [2.75, 3.05) is 18.2 Å². The number of sulfonamides is 1. The van der Waals surface area contributed by atoms with Crippen LogP contribution in [0.5, 0.6) is 0 Å². The molecule has 0 saturated heterocycles. The fourth-order valence-corrected chi connectivity index (χ4v) is 3.70. The van der Waals surface area contributed by atoms with Gasteiger partial charge in [0.2, 0.25) is 10.0 Å². The molecule has 0 aliphatic heterocycles. The lowest BCUT2D eigenvalue weighted by Crippen LogP contribution is -2.35. The van der Waals surface area contributed by atoms with Crippen molar-refractivity contribution in [2.24, 2.45) is 5.92 Å². The lowest BCUT2D eigenvalue weighted by atomic mass is 10.3. The molecule has 7 heteroatoms. The number of nitriles is 1. The predicted molar refractivity (Wildman–Crippen MR) is 78.5 cm³/mol.